The average Bonchev–Trinajstić information content (AvgIpc) is 3.95. The highest BCUT2D eigenvalue weighted by atomic mass is 16.4. The molecule has 242 valence electrons. The topological polar surface area (TPSA) is 172 Å². The van der Waals surface area contributed by atoms with E-state index in [1.54, 1.807) is 42.5 Å². The van der Waals surface area contributed by atoms with Crippen molar-refractivity contribution in [2.45, 2.75) is 0 Å². The summed E-state index contributed by atoms with van der Waals surface area (Å²) in [7, 11) is 0. The summed E-state index contributed by atoms with van der Waals surface area (Å²) in [5.74, 6) is -3.16. The van der Waals surface area contributed by atoms with Crippen LogP contribution in [0.1, 0.15) is 42.5 Å². The van der Waals surface area contributed by atoms with Gasteiger partial charge < -0.3 is 30.3 Å². The smallest absolute Gasteiger partial charge is 0.335 e. The highest BCUT2D eigenvalue weighted by molar-refractivity contribution is 6.02. The van der Waals surface area contributed by atoms with Crippen LogP contribution < -0.4 is 0 Å². The fourth-order valence-corrected chi connectivity index (χ4v) is 6.49. The van der Waals surface area contributed by atoms with Crippen molar-refractivity contribution >= 4 is 63.2 Å². The fraction of sp³-hybridized carbons (Fsp3) is 0. The maximum atomic E-state index is 12.0. The van der Waals surface area contributed by atoms with E-state index in [2.05, 4.69) is 15.0 Å². The number of hydrogen-bond acceptors (Lipinski definition) is 4. The fourth-order valence-electron chi connectivity index (χ4n) is 6.49. The number of fused-ring (bicyclic) bond motifs is 9. The van der Waals surface area contributed by atoms with Gasteiger partial charge in [0.2, 0.25) is 0 Å². The molecule has 50 heavy (non-hydrogen) atoms. The van der Waals surface area contributed by atoms with Gasteiger partial charge in [0.1, 0.15) is 0 Å². The third kappa shape index (κ3) is 5.26. The number of rotatable bonds is 6. The van der Waals surface area contributed by atoms with Gasteiger partial charge in [-0.1, -0.05) is 36.4 Å². The van der Waals surface area contributed by atoms with Crippen molar-refractivity contribution in [2.75, 3.05) is 0 Å². The largest absolute Gasteiger partial charge is 0.478 e. The molecule has 0 saturated carbocycles. The minimum Gasteiger partial charge on any atom is -0.478 e. The average molecular weight is 659 g/mol. The Kier molecular flexibility index (Phi) is 7.11. The Hall–Kier alpha value is -7.20. The molecule has 7 aromatic rings. The van der Waals surface area contributed by atoms with Crippen LogP contribution in [0.15, 0.2) is 109 Å². The minimum atomic E-state index is -1.06. The van der Waals surface area contributed by atoms with Gasteiger partial charge in [-0.05, 0) is 102 Å². The molecule has 0 unspecified atom stereocenters. The van der Waals surface area contributed by atoms with E-state index in [1.165, 1.54) is 12.1 Å². The lowest BCUT2D eigenvalue weighted by atomic mass is 10.0. The monoisotopic (exact) mass is 658 g/mol. The Morgan fingerprint density at radius 1 is 0.420 bits per heavy atom. The van der Waals surface area contributed by atoms with Crippen molar-refractivity contribution in [3.63, 3.8) is 0 Å². The van der Waals surface area contributed by atoms with Gasteiger partial charge in [-0.3, -0.25) is 0 Å². The lowest BCUT2D eigenvalue weighted by molar-refractivity contribution is 0.0686. The van der Waals surface area contributed by atoms with Crippen LogP contribution in [0, 0.1) is 0 Å². The predicted molar refractivity (Wildman–Crippen MR) is 192 cm³/mol. The van der Waals surface area contributed by atoms with Crippen LogP contribution in [0.5, 0.6) is 0 Å². The van der Waals surface area contributed by atoms with E-state index in [4.69, 9.17) is 4.98 Å². The number of benzene rings is 3. The summed E-state index contributed by atoms with van der Waals surface area (Å²) in [5, 5.41) is 29.4. The quantitative estimate of drug-likeness (QED) is 0.104. The number of carbonyl (C=O) groups is 3. The van der Waals surface area contributed by atoms with Gasteiger partial charge in [-0.25, -0.2) is 19.4 Å². The number of carboxylic acids is 3. The molecule has 4 aromatic heterocycles. The number of H-pyrrole nitrogens is 3. The van der Waals surface area contributed by atoms with E-state index in [1.807, 2.05) is 66.7 Å². The minimum absolute atomic E-state index is 0.118. The van der Waals surface area contributed by atoms with Crippen molar-refractivity contribution in [1.82, 2.24) is 19.9 Å². The second-order valence-corrected chi connectivity index (χ2v) is 11.9. The van der Waals surface area contributed by atoms with Crippen molar-refractivity contribution in [3.05, 3.63) is 137 Å². The number of carboxylic acid groups (broad SMARTS) is 3. The maximum absolute atomic E-state index is 12.0. The molecule has 10 heteroatoms. The summed E-state index contributed by atoms with van der Waals surface area (Å²) < 4.78 is 0. The number of aromatic amines is 3. The van der Waals surface area contributed by atoms with E-state index in [-0.39, 0.29) is 16.7 Å². The van der Waals surface area contributed by atoms with Crippen LogP contribution in [0.4, 0.5) is 0 Å². The van der Waals surface area contributed by atoms with Crippen molar-refractivity contribution in [3.8, 4) is 33.4 Å². The molecular weight excluding hydrogens is 632 g/mol. The molecule has 0 atom stereocenters. The van der Waals surface area contributed by atoms with Gasteiger partial charge >= 0.3 is 17.9 Å². The summed E-state index contributed by atoms with van der Waals surface area (Å²) in [6.07, 6.45) is 3.76. The predicted octanol–water partition coefficient (Wildman–Crippen LogP) is 8.79. The molecule has 8 rings (SSSR count). The molecule has 6 N–H and O–H groups in total. The molecule has 0 amide bonds. The SMILES string of the molecule is O=C(O)c1cccc(-c2c3nc(c4ccc([nH]4)c(-c4cccc(C(=O)O)c4)c4ccc([nH]4)c(-c4cccc(C(=O)O)c4)c4ccc2[nH]4)C=C3)c1. The van der Waals surface area contributed by atoms with Gasteiger partial charge in [0.25, 0.3) is 0 Å². The Morgan fingerprint density at radius 3 is 1.18 bits per heavy atom. The number of nitrogens with one attached hydrogen (secondary N) is 3. The first-order chi connectivity index (χ1) is 24.2. The zero-order valence-corrected chi connectivity index (χ0v) is 26.1. The molecule has 1 aliphatic heterocycles. The van der Waals surface area contributed by atoms with Gasteiger partial charge in [-0.2, -0.15) is 0 Å². The highest BCUT2D eigenvalue weighted by Crippen LogP contribution is 2.36. The van der Waals surface area contributed by atoms with E-state index in [9.17, 15) is 29.7 Å². The zero-order valence-electron chi connectivity index (χ0n) is 26.1. The molecule has 0 fully saturated rings. The standard InChI is InChI=1S/C40H26N4O6/c45-38(46)24-7-1-4-21(18-24)35-29-12-10-27(41-29)28-11-13-30(42-28)36(22-5-2-8-25(19-22)39(47)48)32-15-17-34(44-32)37(33-16-14-31(35)43-33)23-6-3-9-26(20-23)40(49)50/h1-20,41,43-44H,(H,45,46)(H,47,48)(H,49,50). The molecular formula is C40H26N4O6. The Bertz CT molecular complexity index is 2710. The number of nitrogens with zero attached hydrogens (tertiary/aromatic N) is 1. The zero-order chi connectivity index (χ0) is 34.5. The second-order valence-electron chi connectivity index (χ2n) is 11.9. The maximum Gasteiger partial charge on any atom is 0.335 e. The van der Waals surface area contributed by atoms with Crippen molar-refractivity contribution in [1.29, 1.82) is 0 Å². The second kappa shape index (κ2) is 11.8. The first-order valence-corrected chi connectivity index (χ1v) is 15.6. The van der Waals surface area contributed by atoms with Crippen LogP contribution in [0.2, 0.25) is 0 Å². The molecule has 0 spiro atoms. The van der Waals surface area contributed by atoms with E-state index >= 15 is 0 Å². The summed E-state index contributed by atoms with van der Waals surface area (Å²) in [4.78, 5) is 51.5. The first kappa shape index (κ1) is 30.2. The van der Waals surface area contributed by atoms with E-state index < -0.39 is 17.9 Å². The summed E-state index contributed by atoms with van der Waals surface area (Å²) >= 11 is 0. The molecule has 3 aromatic carbocycles. The summed E-state index contributed by atoms with van der Waals surface area (Å²) in [6.45, 7) is 0. The molecule has 0 radical (unpaired) electrons. The highest BCUT2D eigenvalue weighted by Gasteiger charge is 2.17. The molecule has 10 nitrogen and oxygen atoms in total. The van der Waals surface area contributed by atoms with Gasteiger partial charge in [-0.15, -0.1) is 0 Å². The van der Waals surface area contributed by atoms with Gasteiger partial charge in [0.15, 0.2) is 0 Å². The molecule has 0 aliphatic carbocycles. The van der Waals surface area contributed by atoms with E-state index in [0.29, 0.717) is 66.8 Å². The molecule has 8 bridgehead atoms. The Morgan fingerprint density at radius 2 is 0.760 bits per heavy atom. The number of hydrogen-bond donors (Lipinski definition) is 6. The summed E-state index contributed by atoms with van der Waals surface area (Å²) in [5.41, 5.74) is 9.81. The van der Waals surface area contributed by atoms with Crippen LogP contribution >= 0.6 is 0 Å². The van der Waals surface area contributed by atoms with Crippen LogP contribution in [0.3, 0.4) is 0 Å². The Labute approximate surface area is 283 Å². The van der Waals surface area contributed by atoms with Gasteiger partial charge in [0.05, 0.1) is 33.6 Å². The normalized spacial score (nSPS) is 11.6. The summed E-state index contributed by atoms with van der Waals surface area (Å²) in [6, 6.07) is 31.5. The Balaban J connectivity index is 1.54. The third-order valence-corrected chi connectivity index (χ3v) is 8.77. The molecule has 5 heterocycles. The van der Waals surface area contributed by atoms with E-state index in [0.717, 1.165) is 11.1 Å². The lowest BCUT2D eigenvalue weighted by Crippen LogP contribution is -1.96. The number of aromatic carboxylic acids is 3. The van der Waals surface area contributed by atoms with Crippen molar-refractivity contribution in [2.24, 2.45) is 0 Å². The van der Waals surface area contributed by atoms with Crippen LogP contribution in [0.25, 0.3) is 78.6 Å². The first-order valence-electron chi connectivity index (χ1n) is 15.6. The number of aromatic nitrogens is 4. The van der Waals surface area contributed by atoms with Crippen molar-refractivity contribution < 1.29 is 29.7 Å². The lowest BCUT2D eigenvalue weighted by Gasteiger charge is -2.07. The molecule has 1 aliphatic rings. The van der Waals surface area contributed by atoms with Crippen LogP contribution in [-0.4, -0.2) is 53.2 Å². The van der Waals surface area contributed by atoms with Crippen LogP contribution in [-0.2, 0) is 0 Å². The van der Waals surface area contributed by atoms with Gasteiger partial charge in [0, 0.05) is 44.3 Å². The molecule has 0 saturated heterocycles. The third-order valence-electron chi connectivity index (χ3n) is 8.77.